The number of benzene rings is 1. The van der Waals surface area contributed by atoms with E-state index < -0.39 is 23.4 Å². The van der Waals surface area contributed by atoms with Crippen molar-refractivity contribution in [3.8, 4) is 5.75 Å². The number of ether oxygens (including phenoxy) is 2. The summed E-state index contributed by atoms with van der Waals surface area (Å²) in [7, 11) is 0. The number of hydrogen-bond donors (Lipinski definition) is 0. The third kappa shape index (κ3) is 5.80. The fourth-order valence-electron chi connectivity index (χ4n) is 2.49. The van der Waals surface area contributed by atoms with E-state index in [0.717, 1.165) is 6.07 Å². The molecule has 1 aliphatic rings. The van der Waals surface area contributed by atoms with Gasteiger partial charge in [0.2, 0.25) is 0 Å². The predicted molar refractivity (Wildman–Crippen MR) is 90.6 cm³/mol. The van der Waals surface area contributed by atoms with Gasteiger partial charge in [0.15, 0.2) is 0 Å². The van der Waals surface area contributed by atoms with E-state index in [1.54, 1.807) is 25.7 Å². The fraction of sp³-hybridized carbons (Fsp3) is 0.588. The van der Waals surface area contributed by atoms with Crippen molar-refractivity contribution in [1.82, 2.24) is 4.90 Å². The summed E-state index contributed by atoms with van der Waals surface area (Å²) in [5.41, 5.74) is -1.39. The third-order valence-electron chi connectivity index (χ3n) is 3.63. The lowest BCUT2D eigenvalue weighted by Crippen LogP contribution is -2.44. The Morgan fingerprint density at radius 1 is 1.20 bits per heavy atom. The Balaban J connectivity index is 1.98. The maximum Gasteiger partial charge on any atom is 0.420 e. The van der Waals surface area contributed by atoms with Crippen LogP contribution in [0.15, 0.2) is 22.7 Å². The van der Waals surface area contributed by atoms with Gasteiger partial charge in [0.25, 0.3) is 0 Å². The number of hydrogen-bond acceptors (Lipinski definition) is 3. The van der Waals surface area contributed by atoms with Crippen LogP contribution in [0.3, 0.4) is 0 Å². The van der Waals surface area contributed by atoms with Gasteiger partial charge in [-0.15, -0.1) is 0 Å². The Kier molecular flexibility index (Phi) is 5.91. The van der Waals surface area contributed by atoms with Gasteiger partial charge >= 0.3 is 12.3 Å². The largest absolute Gasteiger partial charge is 0.490 e. The van der Waals surface area contributed by atoms with Gasteiger partial charge in [-0.2, -0.15) is 13.2 Å². The molecular weight excluding hydrogens is 403 g/mol. The van der Waals surface area contributed by atoms with E-state index in [4.69, 9.17) is 9.47 Å². The molecule has 0 saturated carbocycles. The topological polar surface area (TPSA) is 38.8 Å². The van der Waals surface area contributed by atoms with Gasteiger partial charge in [-0.3, -0.25) is 0 Å². The highest BCUT2D eigenvalue weighted by atomic mass is 79.9. The minimum Gasteiger partial charge on any atom is -0.490 e. The van der Waals surface area contributed by atoms with Crippen molar-refractivity contribution in [2.75, 3.05) is 13.1 Å². The van der Waals surface area contributed by atoms with Gasteiger partial charge in [0.1, 0.15) is 17.5 Å². The summed E-state index contributed by atoms with van der Waals surface area (Å²) in [5, 5.41) is 0. The number of carbonyl (C=O) groups is 1. The van der Waals surface area contributed by atoms with Crippen molar-refractivity contribution >= 4 is 22.0 Å². The normalized spacial score (nSPS) is 16.7. The SMILES string of the molecule is CC(C)(C)OC(=O)N1CCC(Oc2ccc(Br)cc2C(F)(F)F)CC1. The molecule has 1 aromatic carbocycles. The molecule has 140 valence electrons. The van der Waals surface area contributed by atoms with Crippen LogP contribution in [0.1, 0.15) is 39.2 Å². The second-order valence-electron chi connectivity index (χ2n) is 6.92. The zero-order valence-electron chi connectivity index (χ0n) is 14.3. The minimum atomic E-state index is -4.49. The summed E-state index contributed by atoms with van der Waals surface area (Å²) in [6.45, 7) is 6.13. The molecule has 0 atom stereocenters. The molecule has 1 aromatic rings. The molecule has 0 aromatic heterocycles. The Morgan fingerprint density at radius 2 is 1.80 bits per heavy atom. The summed E-state index contributed by atoms with van der Waals surface area (Å²) < 4.78 is 50.6. The van der Waals surface area contributed by atoms with Crippen molar-refractivity contribution in [3.05, 3.63) is 28.2 Å². The van der Waals surface area contributed by atoms with E-state index >= 15 is 0 Å². The number of piperidine rings is 1. The van der Waals surface area contributed by atoms with Crippen LogP contribution in [-0.4, -0.2) is 35.8 Å². The smallest absolute Gasteiger partial charge is 0.420 e. The number of nitrogens with zero attached hydrogens (tertiary/aromatic N) is 1. The predicted octanol–water partition coefficient (Wildman–Crippen LogP) is 5.25. The average Bonchev–Trinajstić information content (AvgIpc) is 2.47. The molecule has 0 aliphatic carbocycles. The third-order valence-corrected chi connectivity index (χ3v) is 4.13. The average molecular weight is 424 g/mol. The van der Waals surface area contributed by atoms with Crippen LogP contribution < -0.4 is 4.74 Å². The van der Waals surface area contributed by atoms with Crippen LogP contribution in [0.4, 0.5) is 18.0 Å². The highest BCUT2D eigenvalue weighted by Crippen LogP contribution is 2.38. The van der Waals surface area contributed by atoms with Crippen molar-refractivity contribution in [2.45, 2.75) is 51.5 Å². The summed E-state index contributed by atoms with van der Waals surface area (Å²) in [4.78, 5) is 13.6. The van der Waals surface area contributed by atoms with Gasteiger partial charge < -0.3 is 14.4 Å². The second kappa shape index (κ2) is 7.43. The first kappa shape index (κ1) is 19.9. The van der Waals surface area contributed by atoms with Crippen LogP contribution in [0, 0.1) is 0 Å². The van der Waals surface area contributed by atoms with Crippen molar-refractivity contribution < 1.29 is 27.4 Å². The Hall–Kier alpha value is -1.44. The van der Waals surface area contributed by atoms with E-state index in [1.165, 1.54) is 12.1 Å². The molecule has 0 N–H and O–H groups in total. The first-order chi connectivity index (χ1) is 11.5. The number of rotatable bonds is 2. The minimum absolute atomic E-state index is 0.189. The lowest BCUT2D eigenvalue weighted by molar-refractivity contribution is -0.139. The number of alkyl halides is 3. The van der Waals surface area contributed by atoms with Gasteiger partial charge in [0, 0.05) is 30.4 Å². The molecule has 4 nitrogen and oxygen atoms in total. The molecule has 1 amide bonds. The highest BCUT2D eigenvalue weighted by molar-refractivity contribution is 9.10. The number of carbonyl (C=O) groups excluding carboxylic acids is 1. The summed E-state index contributed by atoms with van der Waals surface area (Å²) in [5.74, 6) is -0.189. The van der Waals surface area contributed by atoms with Crippen molar-refractivity contribution in [2.24, 2.45) is 0 Å². The molecule has 0 radical (unpaired) electrons. The molecule has 0 spiro atoms. The van der Waals surface area contributed by atoms with Crippen LogP contribution in [0.5, 0.6) is 5.75 Å². The first-order valence-electron chi connectivity index (χ1n) is 7.97. The lowest BCUT2D eigenvalue weighted by atomic mass is 10.1. The van der Waals surface area contributed by atoms with E-state index in [1.807, 2.05) is 0 Å². The van der Waals surface area contributed by atoms with E-state index in [-0.39, 0.29) is 11.9 Å². The number of likely N-dealkylation sites (tertiary alicyclic amines) is 1. The summed E-state index contributed by atoms with van der Waals surface area (Å²) in [6, 6.07) is 3.83. The molecule has 2 rings (SSSR count). The monoisotopic (exact) mass is 423 g/mol. The summed E-state index contributed by atoms with van der Waals surface area (Å²) in [6.07, 6.45) is -4.37. The van der Waals surface area contributed by atoms with E-state index in [9.17, 15) is 18.0 Å². The fourth-order valence-corrected chi connectivity index (χ4v) is 2.85. The molecule has 1 aliphatic heterocycles. The Labute approximate surface area is 153 Å². The maximum absolute atomic E-state index is 13.1. The molecule has 8 heteroatoms. The zero-order chi connectivity index (χ0) is 18.8. The second-order valence-corrected chi connectivity index (χ2v) is 7.84. The molecule has 0 bridgehead atoms. The zero-order valence-corrected chi connectivity index (χ0v) is 15.9. The highest BCUT2D eigenvalue weighted by Gasteiger charge is 2.36. The Morgan fingerprint density at radius 3 is 2.32 bits per heavy atom. The van der Waals surface area contributed by atoms with Gasteiger partial charge in [-0.05, 0) is 39.0 Å². The van der Waals surface area contributed by atoms with Crippen LogP contribution >= 0.6 is 15.9 Å². The Bertz CT molecular complexity index is 621. The number of amides is 1. The first-order valence-corrected chi connectivity index (χ1v) is 8.76. The van der Waals surface area contributed by atoms with Gasteiger partial charge in [0.05, 0.1) is 5.56 Å². The van der Waals surface area contributed by atoms with Crippen LogP contribution in [0.2, 0.25) is 0 Å². The van der Waals surface area contributed by atoms with E-state index in [0.29, 0.717) is 30.4 Å². The molecule has 25 heavy (non-hydrogen) atoms. The maximum atomic E-state index is 13.1. The van der Waals surface area contributed by atoms with Gasteiger partial charge in [-0.1, -0.05) is 15.9 Å². The lowest BCUT2D eigenvalue weighted by Gasteiger charge is -2.33. The standard InChI is InChI=1S/C17H21BrF3NO3/c1-16(2,3)25-15(23)22-8-6-12(7-9-22)24-14-5-4-11(18)10-13(14)17(19,20)21/h4-5,10,12H,6-9H2,1-3H3. The molecule has 1 fully saturated rings. The van der Waals surface area contributed by atoms with E-state index in [2.05, 4.69) is 15.9 Å². The molecule has 1 heterocycles. The number of halogens is 4. The summed E-state index contributed by atoms with van der Waals surface area (Å²) >= 11 is 3.05. The molecule has 1 saturated heterocycles. The van der Waals surface area contributed by atoms with Crippen LogP contribution in [0.25, 0.3) is 0 Å². The quantitative estimate of drug-likeness (QED) is 0.652. The van der Waals surface area contributed by atoms with Crippen molar-refractivity contribution in [1.29, 1.82) is 0 Å². The van der Waals surface area contributed by atoms with Gasteiger partial charge in [-0.25, -0.2) is 4.79 Å². The van der Waals surface area contributed by atoms with Crippen LogP contribution in [-0.2, 0) is 10.9 Å². The molecular formula is C17H21BrF3NO3. The van der Waals surface area contributed by atoms with Crippen molar-refractivity contribution in [3.63, 3.8) is 0 Å². The molecule has 0 unspecified atom stereocenters.